The third kappa shape index (κ3) is 5.34. The minimum absolute atomic E-state index is 0.0457. The highest BCUT2D eigenvalue weighted by Gasteiger charge is 2.24. The van der Waals surface area contributed by atoms with E-state index in [1.165, 1.54) is 11.1 Å². The average molecular weight is 367 g/mol. The fraction of sp³-hybridized carbons (Fsp3) is 0.391. The lowest BCUT2D eigenvalue weighted by atomic mass is 10.0. The van der Waals surface area contributed by atoms with Crippen molar-refractivity contribution in [3.63, 3.8) is 0 Å². The van der Waals surface area contributed by atoms with Crippen LogP contribution in [0.2, 0.25) is 0 Å². The number of hydrogen-bond acceptors (Lipinski definition) is 3. The summed E-state index contributed by atoms with van der Waals surface area (Å²) in [6.07, 6.45) is 1.35. The van der Waals surface area contributed by atoms with Crippen molar-refractivity contribution in [1.82, 2.24) is 9.88 Å². The van der Waals surface area contributed by atoms with Crippen molar-refractivity contribution in [2.75, 3.05) is 13.2 Å². The van der Waals surface area contributed by atoms with Gasteiger partial charge in [-0.3, -0.25) is 4.90 Å². The minimum atomic E-state index is -0.559. The largest absolute Gasteiger partial charge is 0.491 e. The van der Waals surface area contributed by atoms with Gasteiger partial charge in [0.25, 0.3) is 0 Å². The zero-order chi connectivity index (χ0) is 19.4. The molecule has 1 heterocycles. The molecule has 3 aromatic rings. The molecule has 1 aromatic heterocycles. The Morgan fingerprint density at radius 1 is 1.07 bits per heavy atom. The molecule has 0 aliphatic heterocycles. The van der Waals surface area contributed by atoms with Crippen LogP contribution < -0.4 is 4.74 Å². The molecule has 4 heteroatoms. The molecule has 0 fully saturated rings. The second-order valence-electron chi connectivity index (χ2n) is 8.23. The van der Waals surface area contributed by atoms with Crippen LogP contribution in [0.3, 0.4) is 0 Å². The Labute approximate surface area is 161 Å². The number of H-pyrrole nitrogens is 1. The lowest BCUT2D eigenvalue weighted by Crippen LogP contribution is -2.46. The predicted octanol–water partition coefficient (Wildman–Crippen LogP) is 4.52. The Bertz CT molecular complexity index is 862. The highest BCUT2D eigenvalue weighted by Crippen LogP contribution is 2.21. The SMILES string of the molecule is Cc1ccc(CN(CC(O)COc2ccc3[nH]ccc3c2)C(C)(C)C)cc1. The lowest BCUT2D eigenvalue weighted by molar-refractivity contribution is 0.0285. The van der Waals surface area contributed by atoms with Gasteiger partial charge in [0.1, 0.15) is 18.5 Å². The molecule has 0 radical (unpaired) electrons. The molecule has 3 rings (SSSR count). The van der Waals surface area contributed by atoms with Crippen LogP contribution >= 0.6 is 0 Å². The number of aromatic amines is 1. The number of fused-ring (bicyclic) bond motifs is 1. The zero-order valence-electron chi connectivity index (χ0n) is 16.7. The van der Waals surface area contributed by atoms with Crippen LogP contribution in [0.5, 0.6) is 5.75 Å². The predicted molar refractivity (Wildman–Crippen MR) is 111 cm³/mol. The number of hydrogen-bond donors (Lipinski definition) is 2. The maximum atomic E-state index is 10.6. The van der Waals surface area contributed by atoms with Gasteiger partial charge >= 0.3 is 0 Å². The first-order valence-electron chi connectivity index (χ1n) is 9.50. The van der Waals surface area contributed by atoms with Crippen LogP contribution in [0.4, 0.5) is 0 Å². The summed E-state index contributed by atoms with van der Waals surface area (Å²) in [4.78, 5) is 5.46. The molecule has 1 unspecified atom stereocenters. The summed E-state index contributed by atoms with van der Waals surface area (Å²) in [6.45, 7) is 10.3. The Hall–Kier alpha value is -2.30. The first-order chi connectivity index (χ1) is 12.8. The van der Waals surface area contributed by atoms with Crippen molar-refractivity contribution < 1.29 is 9.84 Å². The molecule has 27 heavy (non-hydrogen) atoms. The summed E-state index contributed by atoms with van der Waals surface area (Å²) < 4.78 is 5.83. The van der Waals surface area contributed by atoms with E-state index < -0.39 is 6.10 Å². The summed E-state index contributed by atoms with van der Waals surface area (Å²) in [5, 5.41) is 11.7. The molecule has 144 valence electrons. The topological polar surface area (TPSA) is 48.5 Å². The number of nitrogens with zero attached hydrogens (tertiary/aromatic N) is 1. The van der Waals surface area contributed by atoms with Crippen LogP contribution in [0.25, 0.3) is 10.9 Å². The molecule has 2 N–H and O–H groups in total. The smallest absolute Gasteiger partial charge is 0.120 e. The Kier molecular flexibility index (Phi) is 5.88. The van der Waals surface area contributed by atoms with Gasteiger partial charge in [0, 0.05) is 35.7 Å². The fourth-order valence-corrected chi connectivity index (χ4v) is 3.11. The first kappa shape index (κ1) is 19.5. The summed E-state index contributed by atoms with van der Waals surface area (Å²) in [7, 11) is 0. The first-order valence-corrected chi connectivity index (χ1v) is 9.50. The molecule has 0 saturated carbocycles. The molecule has 0 aliphatic rings. The Morgan fingerprint density at radius 2 is 1.81 bits per heavy atom. The number of aromatic nitrogens is 1. The lowest BCUT2D eigenvalue weighted by Gasteiger charge is -2.37. The van der Waals surface area contributed by atoms with Gasteiger partial charge in [0.2, 0.25) is 0 Å². The average Bonchev–Trinajstić information content (AvgIpc) is 3.08. The molecule has 1 atom stereocenters. The van der Waals surface area contributed by atoms with Gasteiger partial charge in [0.15, 0.2) is 0 Å². The summed E-state index contributed by atoms with van der Waals surface area (Å²) in [6, 6.07) is 16.5. The van der Waals surface area contributed by atoms with Gasteiger partial charge in [-0.1, -0.05) is 29.8 Å². The van der Waals surface area contributed by atoms with Crippen LogP contribution in [-0.2, 0) is 6.54 Å². The van der Waals surface area contributed by atoms with Crippen LogP contribution in [0, 0.1) is 6.92 Å². The summed E-state index contributed by atoms with van der Waals surface area (Å²) in [5.41, 5.74) is 3.55. The summed E-state index contributed by atoms with van der Waals surface area (Å²) in [5.74, 6) is 0.780. The van der Waals surface area contributed by atoms with Crippen molar-refractivity contribution in [1.29, 1.82) is 0 Å². The van der Waals surface area contributed by atoms with E-state index in [1.54, 1.807) is 0 Å². The van der Waals surface area contributed by atoms with Gasteiger partial charge in [-0.15, -0.1) is 0 Å². The maximum absolute atomic E-state index is 10.6. The van der Waals surface area contributed by atoms with Gasteiger partial charge in [0.05, 0.1) is 0 Å². The van der Waals surface area contributed by atoms with E-state index in [-0.39, 0.29) is 12.1 Å². The molecular weight excluding hydrogens is 336 g/mol. The van der Waals surface area contributed by atoms with Crippen molar-refractivity contribution >= 4 is 10.9 Å². The van der Waals surface area contributed by atoms with Gasteiger partial charge in [-0.05, 0) is 57.5 Å². The van der Waals surface area contributed by atoms with Crippen LogP contribution in [-0.4, -0.2) is 39.8 Å². The number of benzene rings is 2. The van der Waals surface area contributed by atoms with E-state index >= 15 is 0 Å². The second kappa shape index (κ2) is 8.15. The number of aliphatic hydroxyl groups excluding tert-OH is 1. The number of aliphatic hydroxyl groups is 1. The molecule has 0 saturated heterocycles. The zero-order valence-corrected chi connectivity index (χ0v) is 16.7. The van der Waals surface area contributed by atoms with E-state index in [1.807, 2.05) is 30.5 Å². The highest BCUT2D eigenvalue weighted by molar-refractivity contribution is 5.80. The van der Waals surface area contributed by atoms with E-state index in [0.29, 0.717) is 6.54 Å². The molecule has 0 bridgehead atoms. The Balaban J connectivity index is 1.59. The van der Waals surface area contributed by atoms with Crippen molar-refractivity contribution in [2.45, 2.75) is 45.9 Å². The van der Waals surface area contributed by atoms with Gasteiger partial charge in [-0.2, -0.15) is 0 Å². The Morgan fingerprint density at radius 3 is 2.52 bits per heavy atom. The molecule has 4 nitrogen and oxygen atoms in total. The van der Waals surface area contributed by atoms with Crippen molar-refractivity contribution in [2.24, 2.45) is 0 Å². The third-order valence-electron chi connectivity index (χ3n) is 4.84. The van der Waals surface area contributed by atoms with Gasteiger partial charge in [-0.25, -0.2) is 0 Å². The molecule has 2 aromatic carbocycles. The number of nitrogens with one attached hydrogen (secondary N) is 1. The normalized spacial score (nSPS) is 13.3. The monoisotopic (exact) mass is 366 g/mol. The number of rotatable bonds is 7. The van der Waals surface area contributed by atoms with E-state index in [0.717, 1.165) is 23.2 Å². The quantitative estimate of drug-likeness (QED) is 0.646. The number of aryl methyl sites for hydroxylation is 1. The molecule has 0 aliphatic carbocycles. The van der Waals surface area contributed by atoms with E-state index in [2.05, 4.69) is 61.8 Å². The number of β-amino-alcohol motifs (C(OH)–C–C–N with tert-alkyl or cyclic N) is 1. The second-order valence-corrected chi connectivity index (χ2v) is 8.23. The fourth-order valence-electron chi connectivity index (χ4n) is 3.11. The van der Waals surface area contributed by atoms with Crippen LogP contribution in [0.1, 0.15) is 31.9 Å². The molecular formula is C23H30N2O2. The van der Waals surface area contributed by atoms with Gasteiger partial charge < -0.3 is 14.8 Å². The standard InChI is InChI=1S/C23H30N2O2/c1-17-5-7-18(8-6-17)14-25(23(2,3)4)15-20(26)16-27-21-9-10-22-19(13-21)11-12-24-22/h5-13,20,24,26H,14-16H2,1-4H3. The highest BCUT2D eigenvalue weighted by atomic mass is 16.5. The summed E-state index contributed by atoms with van der Waals surface area (Å²) >= 11 is 0. The van der Waals surface area contributed by atoms with Crippen LogP contribution in [0.15, 0.2) is 54.7 Å². The molecule has 0 spiro atoms. The minimum Gasteiger partial charge on any atom is -0.491 e. The number of ether oxygens (including phenoxy) is 1. The van der Waals surface area contributed by atoms with E-state index in [4.69, 9.17) is 4.74 Å². The molecule has 0 amide bonds. The maximum Gasteiger partial charge on any atom is 0.120 e. The van der Waals surface area contributed by atoms with Crippen molar-refractivity contribution in [3.05, 3.63) is 65.9 Å². The van der Waals surface area contributed by atoms with E-state index in [9.17, 15) is 5.11 Å². The van der Waals surface area contributed by atoms with Crippen molar-refractivity contribution in [3.8, 4) is 5.75 Å². The third-order valence-corrected chi connectivity index (χ3v) is 4.84.